The van der Waals surface area contributed by atoms with Crippen LogP contribution in [0, 0.1) is 12.7 Å². The summed E-state index contributed by atoms with van der Waals surface area (Å²) in [6.45, 7) is 3.36. The van der Waals surface area contributed by atoms with Gasteiger partial charge in [0.05, 0.1) is 22.0 Å². The first-order chi connectivity index (χ1) is 11.9. The predicted octanol–water partition coefficient (Wildman–Crippen LogP) is 5.24. The lowest BCUT2D eigenvalue weighted by molar-refractivity contribution is 0.146. The Bertz CT molecular complexity index is 933. The van der Waals surface area contributed by atoms with Crippen LogP contribution >= 0.6 is 11.6 Å². The lowest BCUT2D eigenvalue weighted by atomic mass is 10.0. The van der Waals surface area contributed by atoms with Gasteiger partial charge in [0, 0.05) is 11.8 Å². The average Bonchev–Trinajstić information content (AvgIpc) is 2.55. The maximum Gasteiger partial charge on any atom is 0.266 e. The SMILES string of the molecule is Cc1nc(N[C@H](C)c2cccc(C(F)F)c2F)c2cc(Cl)cnc2n1. The second-order valence-corrected chi connectivity index (χ2v) is 6.00. The molecule has 0 saturated carbocycles. The van der Waals surface area contributed by atoms with E-state index in [2.05, 4.69) is 20.3 Å². The van der Waals surface area contributed by atoms with E-state index in [1.54, 1.807) is 19.9 Å². The molecule has 1 N–H and O–H groups in total. The van der Waals surface area contributed by atoms with Crippen molar-refractivity contribution in [2.24, 2.45) is 0 Å². The number of hydrogen-bond acceptors (Lipinski definition) is 4. The van der Waals surface area contributed by atoms with Gasteiger partial charge in [-0.2, -0.15) is 0 Å². The van der Waals surface area contributed by atoms with Crippen LogP contribution in [0.1, 0.15) is 36.3 Å². The Morgan fingerprint density at radius 1 is 1.16 bits per heavy atom. The summed E-state index contributed by atoms with van der Waals surface area (Å²) in [5.41, 5.74) is -0.0646. The molecule has 0 fully saturated rings. The number of nitrogens with zero attached hydrogens (tertiary/aromatic N) is 3. The first-order valence-corrected chi connectivity index (χ1v) is 7.87. The van der Waals surface area contributed by atoms with Crippen molar-refractivity contribution < 1.29 is 13.2 Å². The van der Waals surface area contributed by atoms with E-state index in [0.717, 1.165) is 6.07 Å². The third-order valence-electron chi connectivity index (χ3n) is 3.74. The van der Waals surface area contributed by atoms with Crippen LogP contribution in [0.3, 0.4) is 0 Å². The molecule has 0 unspecified atom stereocenters. The van der Waals surface area contributed by atoms with Gasteiger partial charge < -0.3 is 5.32 Å². The van der Waals surface area contributed by atoms with Crippen molar-refractivity contribution in [3.63, 3.8) is 0 Å². The van der Waals surface area contributed by atoms with Crippen LogP contribution in [0.25, 0.3) is 11.0 Å². The summed E-state index contributed by atoms with van der Waals surface area (Å²) in [6, 6.07) is 4.98. The molecule has 0 radical (unpaired) electrons. The van der Waals surface area contributed by atoms with Crippen molar-refractivity contribution in [3.05, 3.63) is 58.3 Å². The fourth-order valence-electron chi connectivity index (χ4n) is 2.56. The Labute approximate surface area is 147 Å². The van der Waals surface area contributed by atoms with Crippen molar-refractivity contribution in [2.75, 3.05) is 5.32 Å². The van der Waals surface area contributed by atoms with Gasteiger partial charge in [-0.1, -0.05) is 29.8 Å². The number of halogens is 4. The van der Waals surface area contributed by atoms with E-state index in [9.17, 15) is 13.2 Å². The second kappa shape index (κ2) is 6.84. The molecular formula is C17H14ClF3N4. The summed E-state index contributed by atoms with van der Waals surface area (Å²) < 4.78 is 40.1. The normalized spacial score (nSPS) is 12.6. The van der Waals surface area contributed by atoms with Crippen LogP contribution in [0.4, 0.5) is 19.0 Å². The number of hydrogen-bond donors (Lipinski definition) is 1. The molecule has 25 heavy (non-hydrogen) atoms. The third-order valence-corrected chi connectivity index (χ3v) is 3.95. The van der Waals surface area contributed by atoms with Gasteiger partial charge >= 0.3 is 0 Å². The highest BCUT2D eigenvalue weighted by molar-refractivity contribution is 6.31. The van der Waals surface area contributed by atoms with Gasteiger partial charge in [0.25, 0.3) is 6.43 Å². The first-order valence-electron chi connectivity index (χ1n) is 7.49. The topological polar surface area (TPSA) is 50.7 Å². The van der Waals surface area contributed by atoms with Crippen LogP contribution in [-0.4, -0.2) is 15.0 Å². The number of alkyl halides is 2. The fourth-order valence-corrected chi connectivity index (χ4v) is 2.72. The zero-order valence-electron chi connectivity index (χ0n) is 13.4. The van der Waals surface area contributed by atoms with E-state index < -0.39 is 23.8 Å². The van der Waals surface area contributed by atoms with E-state index in [1.807, 2.05) is 0 Å². The van der Waals surface area contributed by atoms with Crippen LogP contribution in [0.5, 0.6) is 0 Å². The highest BCUT2D eigenvalue weighted by Crippen LogP contribution is 2.30. The number of pyridine rings is 1. The zero-order valence-corrected chi connectivity index (χ0v) is 14.2. The highest BCUT2D eigenvalue weighted by Gasteiger charge is 2.20. The second-order valence-electron chi connectivity index (χ2n) is 5.56. The van der Waals surface area contributed by atoms with Gasteiger partial charge in [0.15, 0.2) is 5.65 Å². The molecule has 4 nitrogen and oxygen atoms in total. The van der Waals surface area contributed by atoms with Gasteiger partial charge in [-0.15, -0.1) is 0 Å². The van der Waals surface area contributed by atoms with Gasteiger partial charge in [-0.05, 0) is 19.9 Å². The highest BCUT2D eigenvalue weighted by atomic mass is 35.5. The summed E-state index contributed by atoms with van der Waals surface area (Å²) in [7, 11) is 0. The standard InChI is InChI=1S/C17H14ClF3N4/c1-8(11-4-3-5-12(14(11)19)15(20)21)23-17-13-6-10(18)7-22-16(13)24-9(2)25-17/h3-8,15H,1-2H3,(H,22,23,24,25)/t8-/m1/s1. The van der Waals surface area contributed by atoms with Crippen LogP contribution in [-0.2, 0) is 0 Å². The summed E-state index contributed by atoms with van der Waals surface area (Å²) in [6.07, 6.45) is -1.41. The molecule has 1 aromatic carbocycles. The molecule has 130 valence electrons. The van der Waals surface area contributed by atoms with E-state index in [0.29, 0.717) is 27.7 Å². The number of rotatable bonds is 4. The molecule has 2 aromatic heterocycles. The summed E-state index contributed by atoms with van der Waals surface area (Å²) >= 11 is 5.98. The van der Waals surface area contributed by atoms with Crippen molar-refractivity contribution in [1.82, 2.24) is 15.0 Å². The maximum atomic E-state index is 14.3. The van der Waals surface area contributed by atoms with Crippen molar-refractivity contribution in [3.8, 4) is 0 Å². The van der Waals surface area contributed by atoms with Gasteiger partial charge in [0.2, 0.25) is 0 Å². The lowest BCUT2D eigenvalue weighted by Crippen LogP contribution is -2.12. The molecular weight excluding hydrogens is 353 g/mol. The quantitative estimate of drug-likeness (QED) is 0.686. The Balaban J connectivity index is 2.02. The number of anilines is 1. The fraction of sp³-hybridized carbons (Fsp3) is 0.235. The molecule has 0 spiro atoms. The minimum atomic E-state index is -2.88. The average molecular weight is 367 g/mol. The molecule has 0 saturated heterocycles. The van der Waals surface area contributed by atoms with Crippen molar-refractivity contribution in [1.29, 1.82) is 0 Å². The van der Waals surface area contributed by atoms with E-state index in [1.165, 1.54) is 18.3 Å². The minimum absolute atomic E-state index is 0.122. The summed E-state index contributed by atoms with van der Waals surface area (Å²) in [4.78, 5) is 12.7. The molecule has 0 bridgehead atoms. The molecule has 8 heteroatoms. The van der Waals surface area contributed by atoms with Crippen LogP contribution in [0.15, 0.2) is 30.5 Å². The third kappa shape index (κ3) is 3.51. The zero-order chi connectivity index (χ0) is 18.1. The number of aryl methyl sites for hydroxylation is 1. The van der Waals surface area contributed by atoms with E-state index >= 15 is 0 Å². The van der Waals surface area contributed by atoms with Gasteiger partial charge in [0.1, 0.15) is 17.5 Å². The molecule has 3 aromatic rings. The maximum absolute atomic E-state index is 14.3. The number of benzene rings is 1. The number of aromatic nitrogens is 3. The first kappa shape index (κ1) is 17.4. The van der Waals surface area contributed by atoms with Crippen molar-refractivity contribution in [2.45, 2.75) is 26.3 Å². The summed E-state index contributed by atoms with van der Waals surface area (Å²) in [5.74, 6) is -0.0468. The van der Waals surface area contributed by atoms with E-state index in [4.69, 9.17) is 11.6 Å². The minimum Gasteiger partial charge on any atom is -0.363 e. The Morgan fingerprint density at radius 2 is 1.88 bits per heavy atom. The molecule has 1 atom stereocenters. The number of nitrogens with one attached hydrogen (secondary N) is 1. The van der Waals surface area contributed by atoms with Gasteiger partial charge in [-0.3, -0.25) is 0 Å². The summed E-state index contributed by atoms with van der Waals surface area (Å²) in [5, 5.41) is 4.01. The molecule has 0 aliphatic heterocycles. The van der Waals surface area contributed by atoms with Crippen molar-refractivity contribution >= 4 is 28.5 Å². The van der Waals surface area contributed by atoms with Crippen LogP contribution in [0.2, 0.25) is 5.02 Å². The van der Waals surface area contributed by atoms with Gasteiger partial charge in [-0.25, -0.2) is 28.1 Å². The van der Waals surface area contributed by atoms with Crippen LogP contribution < -0.4 is 5.32 Å². The largest absolute Gasteiger partial charge is 0.363 e. The van der Waals surface area contributed by atoms with E-state index in [-0.39, 0.29) is 5.56 Å². The monoisotopic (exact) mass is 366 g/mol. The smallest absolute Gasteiger partial charge is 0.266 e. The number of fused-ring (bicyclic) bond motifs is 1. The molecule has 2 heterocycles. The Morgan fingerprint density at radius 3 is 2.60 bits per heavy atom. The predicted molar refractivity (Wildman–Crippen MR) is 90.5 cm³/mol. The molecule has 0 aliphatic carbocycles. The lowest BCUT2D eigenvalue weighted by Gasteiger charge is -2.18. The Kier molecular flexibility index (Phi) is 4.76. The Hall–Kier alpha value is -2.41. The molecule has 3 rings (SSSR count). The molecule has 0 amide bonds. The molecule has 0 aliphatic rings.